The molecule has 1 aliphatic rings. The lowest BCUT2D eigenvalue weighted by atomic mass is 10.1. The highest BCUT2D eigenvalue weighted by atomic mass is 19.1. The fourth-order valence-corrected chi connectivity index (χ4v) is 3.86. The molecule has 1 aliphatic heterocycles. The molecular weight excluding hydrogens is 405 g/mol. The quantitative estimate of drug-likeness (QED) is 0.581. The van der Waals surface area contributed by atoms with Crippen LogP contribution >= 0.6 is 0 Å². The van der Waals surface area contributed by atoms with Crippen LogP contribution in [0.2, 0.25) is 0 Å². The van der Waals surface area contributed by atoms with Crippen LogP contribution in [0.15, 0.2) is 72.8 Å². The van der Waals surface area contributed by atoms with Crippen molar-refractivity contribution in [2.45, 2.75) is 13.5 Å². The molecule has 6 heteroatoms. The highest BCUT2D eigenvalue weighted by Crippen LogP contribution is 2.21. The predicted octanol–water partition coefficient (Wildman–Crippen LogP) is 4.80. The van der Waals surface area contributed by atoms with Gasteiger partial charge in [-0.25, -0.2) is 4.39 Å². The van der Waals surface area contributed by atoms with Gasteiger partial charge in [0, 0.05) is 55.2 Å². The molecule has 0 aliphatic carbocycles. The Labute approximate surface area is 188 Å². The van der Waals surface area contributed by atoms with Gasteiger partial charge in [0.1, 0.15) is 11.6 Å². The summed E-state index contributed by atoms with van der Waals surface area (Å²) in [5, 5.41) is 2.94. The number of carbonyl (C=O) groups excluding carboxylic acids is 1. The molecule has 0 aromatic heterocycles. The van der Waals surface area contributed by atoms with Crippen molar-refractivity contribution in [3.05, 3.63) is 89.7 Å². The van der Waals surface area contributed by atoms with Crippen molar-refractivity contribution in [1.29, 1.82) is 0 Å². The first-order valence-electron chi connectivity index (χ1n) is 11.0. The molecule has 0 saturated carbocycles. The molecule has 0 bridgehead atoms. The average molecular weight is 434 g/mol. The Morgan fingerprint density at radius 3 is 2.28 bits per heavy atom. The number of halogens is 1. The number of hydrogen-bond donors (Lipinski definition) is 1. The molecule has 32 heavy (non-hydrogen) atoms. The van der Waals surface area contributed by atoms with Crippen LogP contribution in [-0.2, 0) is 6.54 Å². The highest BCUT2D eigenvalue weighted by molar-refractivity contribution is 6.04. The second-order valence-corrected chi connectivity index (χ2v) is 7.81. The Morgan fingerprint density at radius 1 is 0.938 bits per heavy atom. The number of ether oxygens (including phenoxy) is 1. The Hall–Kier alpha value is -3.38. The monoisotopic (exact) mass is 433 g/mol. The van der Waals surface area contributed by atoms with E-state index in [9.17, 15) is 9.18 Å². The van der Waals surface area contributed by atoms with Crippen LogP contribution in [0.3, 0.4) is 0 Å². The molecule has 1 saturated heterocycles. The van der Waals surface area contributed by atoms with Gasteiger partial charge < -0.3 is 15.0 Å². The van der Waals surface area contributed by atoms with Gasteiger partial charge in [0.05, 0.1) is 6.61 Å². The first-order chi connectivity index (χ1) is 15.6. The standard InChI is InChI=1S/C26H28FN3O2/c1-2-32-24-13-7-20(8-14-24)26(31)28-22-9-11-23(12-10-22)30-17-15-29(16-18-30)19-21-5-3-4-6-25(21)27/h3-14H,2,15-19H2,1H3,(H,28,31). The minimum Gasteiger partial charge on any atom is -0.494 e. The topological polar surface area (TPSA) is 44.8 Å². The third-order valence-electron chi connectivity index (χ3n) is 5.64. The molecule has 1 amide bonds. The summed E-state index contributed by atoms with van der Waals surface area (Å²) in [5.74, 6) is 0.461. The average Bonchev–Trinajstić information content (AvgIpc) is 2.82. The van der Waals surface area contributed by atoms with E-state index in [2.05, 4.69) is 15.1 Å². The maximum Gasteiger partial charge on any atom is 0.255 e. The minimum absolute atomic E-state index is 0.141. The molecule has 3 aromatic rings. The zero-order chi connectivity index (χ0) is 22.3. The highest BCUT2D eigenvalue weighted by Gasteiger charge is 2.18. The Morgan fingerprint density at radius 2 is 1.62 bits per heavy atom. The van der Waals surface area contributed by atoms with E-state index in [-0.39, 0.29) is 11.7 Å². The van der Waals surface area contributed by atoms with E-state index in [0.29, 0.717) is 18.7 Å². The van der Waals surface area contributed by atoms with Gasteiger partial charge in [-0.3, -0.25) is 9.69 Å². The summed E-state index contributed by atoms with van der Waals surface area (Å²) in [6.45, 7) is 6.68. The van der Waals surface area contributed by atoms with E-state index in [4.69, 9.17) is 4.74 Å². The zero-order valence-corrected chi connectivity index (χ0v) is 18.3. The number of piperazine rings is 1. The molecule has 1 N–H and O–H groups in total. The van der Waals surface area contributed by atoms with E-state index in [1.54, 1.807) is 30.3 Å². The van der Waals surface area contributed by atoms with E-state index in [1.165, 1.54) is 6.07 Å². The van der Waals surface area contributed by atoms with Gasteiger partial charge in [-0.1, -0.05) is 18.2 Å². The first kappa shape index (κ1) is 21.8. The van der Waals surface area contributed by atoms with Crippen molar-refractivity contribution in [3.63, 3.8) is 0 Å². The SMILES string of the molecule is CCOc1ccc(C(=O)Nc2ccc(N3CCN(Cc4ccccc4F)CC3)cc2)cc1. The van der Waals surface area contributed by atoms with Crippen molar-refractivity contribution in [2.75, 3.05) is 43.0 Å². The Bertz CT molecular complexity index is 1030. The number of anilines is 2. The van der Waals surface area contributed by atoms with E-state index >= 15 is 0 Å². The van der Waals surface area contributed by atoms with Gasteiger partial charge in [-0.15, -0.1) is 0 Å². The summed E-state index contributed by atoms with van der Waals surface area (Å²) in [5.41, 5.74) is 3.21. The third-order valence-corrected chi connectivity index (χ3v) is 5.64. The van der Waals surface area contributed by atoms with Crippen molar-refractivity contribution in [3.8, 4) is 5.75 Å². The number of nitrogens with zero attached hydrogens (tertiary/aromatic N) is 2. The lowest BCUT2D eigenvalue weighted by Crippen LogP contribution is -2.46. The summed E-state index contributed by atoms with van der Waals surface area (Å²) in [6, 6.07) is 22.0. The summed E-state index contributed by atoms with van der Waals surface area (Å²) in [4.78, 5) is 17.1. The van der Waals surface area contributed by atoms with Crippen LogP contribution in [0.4, 0.5) is 15.8 Å². The molecule has 5 nitrogen and oxygen atoms in total. The molecule has 1 fully saturated rings. The normalized spacial score (nSPS) is 14.2. The van der Waals surface area contributed by atoms with Crippen LogP contribution in [-0.4, -0.2) is 43.6 Å². The first-order valence-corrected chi connectivity index (χ1v) is 11.0. The molecule has 0 radical (unpaired) electrons. The number of hydrogen-bond acceptors (Lipinski definition) is 4. The summed E-state index contributed by atoms with van der Waals surface area (Å²) in [6.07, 6.45) is 0. The van der Waals surface area contributed by atoms with Crippen LogP contribution in [0, 0.1) is 5.82 Å². The third kappa shape index (κ3) is 5.45. The minimum atomic E-state index is -0.150. The Kier molecular flexibility index (Phi) is 7.02. The van der Waals surface area contributed by atoms with Gasteiger partial charge in [0.25, 0.3) is 5.91 Å². The van der Waals surface area contributed by atoms with Crippen LogP contribution < -0.4 is 15.0 Å². The molecule has 3 aromatic carbocycles. The Balaban J connectivity index is 1.29. The number of carbonyl (C=O) groups is 1. The van der Waals surface area contributed by atoms with Gasteiger partial charge in [0.2, 0.25) is 0 Å². The largest absolute Gasteiger partial charge is 0.494 e. The van der Waals surface area contributed by atoms with Gasteiger partial charge >= 0.3 is 0 Å². The van der Waals surface area contributed by atoms with Crippen LogP contribution in [0.1, 0.15) is 22.8 Å². The maximum absolute atomic E-state index is 13.9. The number of benzene rings is 3. The van der Waals surface area contributed by atoms with E-state index in [1.807, 2.05) is 43.3 Å². The zero-order valence-electron chi connectivity index (χ0n) is 18.3. The van der Waals surface area contributed by atoms with Crippen molar-refractivity contribution in [1.82, 2.24) is 4.90 Å². The molecule has 166 valence electrons. The lowest BCUT2D eigenvalue weighted by Gasteiger charge is -2.36. The molecule has 1 heterocycles. The molecule has 4 rings (SSSR count). The van der Waals surface area contributed by atoms with Crippen molar-refractivity contribution in [2.24, 2.45) is 0 Å². The molecule has 0 atom stereocenters. The number of nitrogens with one attached hydrogen (secondary N) is 1. The second kappa shape index (κ2) is 10.3. The van der Waals surface area contributed by atoms with Gasteiger partial charge in [0.15, 0.2) is 0 Å². The van der Waals surface area contributed by atoms with Crippen molar-refractivity contribution < 1.29 is 13.9 Å². The smallest absolute Gasteiger partial charge is 0.255 e. The van der Waals surface area contributed by atoms with Crippen LogP contribution in [0.5, 0.6) is 5.75 Å². The fourth-order valence-electron chi connectivity index (χ4n) is 3.86. The molecular formula is C26H28FN3O2. The van der Waals surface area contributed by atoms with E-state index in [0.717, 1.165) is 48.9 Å². The molecule has 0 unspecified atom stereocenters. The summed E-state index contributed by atoms with van der Waals surface area (Å²) < 4.78 is 19.3. The predicted molar refractivity (Wildman–Crippen MR) is 126 cm³/mol. The van der Waals surface area contributed by atoms with Gasteiger partial charge in [-0.2, -0.15) is 0 Å². The van der Waals surface area contributed by atoms with Gasteiger partial charge in [-0.05, 0) is 61.5 Å². The number of rotatable bonds is 7. The van der Waals surface area contributed by atoms with Crippen molar-refractivity contribution >= 4 is 17.3 Å². The second-order valence-electron chi connectivity index (χ2n) is 7.81. The summed E-state index contributed by atoms with van der Waals surface area (Å²) >= 11 is 0. The fraction of sp³-hybridized carbons (Fsp3) is 0.269. The maximum atomic E-state index is 13.9. The molecule has 0 spiro atoms. The van der Waals surface area contributed by atoms with E-state index < -0.39 is 0 Å². The lowest BCUT2D eigenvalue weighted by molar-refractivity contribution is 0.102. The number of amides is 1. The summed E-state index contributed by atoms with van der Waals surface area (Å²) in [7, 11) is 0. The van der Waals surface area contributed by atoms with Crippen LogP contribution in [0.25, 0.3) is 0 Å².